The Morgan fingerprint density at radius 3 is 1.98 bits per heavy atom. The average Bonchev–Trinajstić information content (AvgIpc) is 2.87. The fraction of sp³-hybridized carbons (Fsp3) is 0.424. The third-order valence-electron chi connectivity index (χ3n) is 8.19. The van der Waals surface area contributed by atoms with E-state index < -0.39 is 11.8 Å². The van der Waals surface area contributed by atoms with E-state index >= 15 is 0 Å². The van der Waals surface area contributed by atoms with Gasteiger partial charge in [-0.05, 0) is 66.5 Å². The Bertz CT molecular complexity index is 1500. The SMILES string of the molecule is CCN1C2=C(C(=O)CC(C)(C)C2)C(c2ccc(OCC(=O)Nc3ccc(Cl)c(Cl)c3)c(Cl)c2)C2=C1CC(C)(C)CC2=O. The summed E-state index contributed by atoms with van der Waals surface area (Å²) in [6, 6.07) is 10.1. The lowest BCUT2D eigenvalue weighted by molar-refractivity contribution is -0.120. The Balaban J connectivity index is 1.47. The Morgan fingerprint density at radius 1 is 0.857 bits per heavy atom. The summed E-state index contributed by atoms with van der Waals surface area (Å²) >= 11 is 18.7. The van der Waals surface area contributed by atoms with Crippen molar-refractivity contribution in [1.29, 1.82) is 0 Å². The van der Waals surface area contributed by atoms with E-state index in [0.29, 0.717) is 57.0 Å². The number of ketones is 2. The van der Waals surface area contributed by atoms with Crippen molar-refractivity contribution in [3.05, 3.63) is 79.6 Å². The molecule has 0 unspecified atom stereocenters. The third kappa shape index (κ3) is 5.99. The molecular formula is C33H35Cl3N2O4. The molecule has 5 rings (SSSR count). The van der Waals surface area contributed by atoms with E-state index in [-0.39, 0.29) is 29.0 Å². The number of carbonyl (C=O) groups excluding carboxylic acids is 3. The quantitative estimate of drug-likeness (QED) is 0.347. The maximum atomic E-state index is 13.8. The van der Waals surface area contributed by atoms with Crippen LogP contribution in [0.25, 0.3) is 0 Å². The molecule has 0 radical (unpaired) electrons. The molecule has 3 aliphatic rings. The van der Waals surface area contributed by atoms with Crippen LogP contribution in [0.5, 0.6) is 5.75 Å². The van der Waals surface area contributed by atoms with Gasteiger partial charge in [0, 0.05) is 53.5 Å². The molecule has 9 heteroatoms. The molecule has 1 amide bonds. The number of amides is 1. The van der Waals surface area contributed by atoms with Crippen LogP contribution in [0.4, 0.5) is 5.69 Å². The normalized spacial score (nSPS) is 20.0. The van der Waals surface area contributed by atoms with Crippen molar-refractivity contribution in [3.63, 3.8) is 0 Å². The Morgan fingerprint density at radius 2 is 1.45 bits per heavy atom. The van der Waals surface area contributed by atoms with Crippen LogP contribution >= 0.6 is 34.8 Å². The van der Waals surface area contributed by atoms with E-state index in [1.807, 2.05) is 6.07 Å². The van der Waals surface area contributed by atoms with Crippen LogP contribution in [-0.4, -0.2) is 35.5 Å². The van der Waals surface area contributed by atoms with Crippen molar-refractivity contribution >= 4 is 58.0 Å². The van der Waals surface area contributed by atoms with Crippen molar-refractivity contribution in [1.82, 2.24) is 4.90 Å². The number of nitrogens with zero attached hydrogens (tertiary/aromatic N) is 1. The van der Waals surface area contributed by atoms with E-state index in [1.54, 1.807) is 30.3 Å². The summed E-state index contributed by atoms with van der Waals surface area (Å²) in [6.45, 7) is 11.0. The van der Waals surface area contributed by atoms with Crippen LogP contribution < -0.4 is 10.1 Å². The molecule has 6 nitrogen and oxygen atoms in total. The first-order valence-corrected chi connectivity index (χ1v) is 15.3. The maximum Gasteiger partial charge on any atom is 0.262 e. The van der Waals surface area contributed by atoms with Gasteiger partial charge >= 0.3 is 0 Å². The predicted molar refractivity (Wildman–Crippen MR) is 167 cm³/mol. The summed E-state index contributed by atoms with van der Waals surface area (Å²) in [5, 5.41) is 3.73. The number of allylic oxidation sites excluding steroid dienone is 4. The average molecular weight is 630 g/mol. The first-order valence-electron chi connectivity index (χ1n) is 14.2. The Labute approximate surface area is 262 Å². The van der Waals surface area contributed by atoms with Crippen LogP contribution in [0.3, 0.4) is 0 Å². The van der Waals surface area contributed by atoms with Gasteiger partial charge in [0.1, 0.15) is 5.75 Å². The number of Topliss-reactive ketones (excluding diaryl/α,β-unsaturated/α-hetero) is 2. The molecule has 1 heterocycles. The fourth-order valence-electron chi connectivity index (χ4n) is 6.49. The molecular weight excluding hydrogens is 595 g/mol. The van der Waals surface area contributed by atoms with Gasteiger partial charge in [0.25, 0.3) is 5.91 Å². The van der Waals surface area contributed by atoms with Gasteiger partial charge in [-0.25, -0.2) is 0 Å². The summed E-state index contributed by atoms with van der Waals surface area (Å²) in [6.07, 6.45) is 2.36. The second-order valence-corrected chi connectivity index (χ2v) is 14.2. The predicted octanol–water partition coefficient (Wildman–Crippen LogP) is 8.37. The van der Waals surface area contributed by atoms with E-state index in [9.17, 15) is 14.4 Å². The number of hydrogen-bond acceptors (Lipinski definition) is 5. The van der Waals surface area contributed by atoms with Crippen LogP contribution in [0.2, 0.25) is 15.1 Å². The second-order valence-electron chi connectivity index (χ2n) is 12.9. The monoisotopic (exact) mass is 628 g/mol. The second kappa shape index (κ2) is 11.4. The lowest BCUT2D eigenvalue weighted by Crippen LogP contribution is -2.44. The molecule has 222 valence electrons. The van der Waals surface area contributed by atoms with E-state index in [1.165, 1.54) is 0 Å². The van der Waals surface area contributed by atoms with Gasteiger partial charge in [-0.2, -0.15) is 0 Å². The minimum absolute atomic E-state index is 0.0734. The number of rotatable bonds is 6. The smallest absolute Gasteiger partial charge is 0.262 e. The fourth-order valence-corrected chi connectivity index (χ4v) is 7.03. The van der Waals surface area contributed by atoms with Gasteiger partial charge in [0.2, 0.25) is 0 Å². The van der Waals surface area contributed by atoms with E-state index in [4.69, 9.17) is 39.5 Å². The number of anilines is 1. The highest BCUT2D eigenvalue weighted by molar-refractivity contribution is 6.42. The highest BCUT2D eigenvalue weighted by Gasteiger charge is 2.48. The highest BCUT2D eigenvalue weighted by Crippen LogP contribution is 2.54. The largest absolute Gasteiger partial charge is 0.482 e. The molecule has 1 N–H and O–H groups in total. The van der Waals surface area contributed by atoms with Crippen LogP contribution in [0.1, 0.15) is 71.8 Å². The molecule has 42 heavy (non-hydrogen) atoms. The zero-order chi connectivity index (χ0) is 30.6. The van der Waals surface area contributed by atoms with Gasteiger partial charge in [-0.3, -0.25) is 14.4 Å². The van der Waals surface area contributed by atoms with Crippen molar-refractivity contribution in [2.45, 2.75) is 66.2 Å². The topological polar surface area (TPSA) is 75.7 Å². The van der Waals surface area contributed by atoms with Gasteiger partial charge in [0.15, 0.2) is 18.2 Å². The summed E-state index contributed by atoms with van der Waals surface area (Å²) in [5.41, 5.74) is 4.35. The first kappa shape index (κ1) is 30.7. The van der Waals surface area contributed by atoms with Crippen LogP contribution in [0, 0.1) is 10.8 Å². The van der Waals surface area contributed by atoms with Gasteiger partial charge in [-0.1, -0.05) is 68.6 Å². The summed E-state index contributed by atoms with van der Waals surface area (Å²) < 4.78 is 5.74. The van der Waals surface area contributed by atoms with Gasteiger partial charge in [-0.15, -0.1) is 0 Å². The lowest BCUT2D eigenvalue weighted by Gasteiger charge is -2.48. The van der Waals surface area contributed by atoms with Crippen molar-refractivity contribution in [2.75, 3.05) is 18.5 Å². The summed E-state index contributed by atoms with van der Waals surface area (Å²) in [4.78, 5) is 42.3. The van der Waals surface area contributed by atoms with E-state index in [0.717, 1.165) is 29.8 Å². The minimum Gasteiger partial charge on any atom is -0.482 e. The lowest BCUT2D eigenvalue weighted by atomic mass is 9.63. The Hall–Kier alpha value is -2.80. The first-order chi connectivity index (χ1) is 19.7. The number of nitrogens with one attached hydrogen (secondary N) is 1. The zero-order valence-electron chi connectivity index (χ0n) is 24.5. The number of hydrogen-bond donors (Lipinski definition) is 1. The maximum absolute atomic E-state index is 13.8. The molecule has 1 aliphatic heterocycles. The molecule has 0 saturated carbocycles. The number of carbonyl (C=O) groups is 3. The number of halogens is 3. The molecule has 0 spiro atoms. The molecule has 2 aliphatic carbocycles. The molecule has 0 bridgehead atoms. The van der Waals surface area contributed by atoms with Gasteiger partial charge in [0.05, 0.1) is 15.1 Å². The molecule has 0 fully saturated rings. The summed E-state index contributed by atoms with van der Waals surface area (Å²) in [5.74, 6) is -0.412. The molecule has 2 aromatic rings. The van der Waals surface area contributed by atoms with Gasteiger partial charge < -0.3 is 15.0 Å². The Kier molecular flexibility index (Phi) is 8.29. The van der Waals surface area contributed by atoms with Crippen molar-refractivity contribution in [2.24, 2.45) is 10.8 Å². The highest BCUT2D eigenvalue weighted by atomic mass is 35.5. The molecule has 2 aromatic carbocycles. The standard InChI is InChI=1S/C33H35Cl3N2O4/c1-6-38-23-13-32(2,3)15-25(39)30(23)29(31-24(38)14-33(4,5)16-26(31)40)18-7-10-27(22(36)11-18)42-17-28(41)37-19-8-9-20(34)21(35)12-19/h7-12,29H,6,13-17H2,1-5H3,(H,37,41). The zero-order valence-corrected chi connectivity index (χ0v) is 26.8. The third-order valence-corrected chi connectivity index (χ3v) is 9.22. The number of benzene rings is 2. The number of ether oxygens (including phenoxy) is 1. The molecule has 0 aromatic heterocycles. The van der Waals surface area contributed by atoms with E-state index in [2.05, 4.69) is 44.8 Å². The summed E-state index contributed by atoms with van der Waals surface area (Å²) in [7, 11) is 0. The minimum atomic E-state index is -0.491. The van der Waals surface area contributed by atoms with Crippen molar-refractivity contribution in [3.8, 4) is 5.75 Å². The van der Waals surface area contributed by atoms with Crippen LogP contribution in [-0.2, 0) is 14.4 Å². The van der Waals surface area contributed by atoms with Crippen molar-refractivity contribution < 1.29 is 19.1 Å². The molecule has 0 saturated heterocycles. The molecule has 0 atom stereocenters. The van der Waals surface area contributed by atoms with Crippen LogP contribution in [0.15, 0.2) is 58.9 Å².